The van der Waals surface area contributed by atoms with Gasteiger partial charge in [0.25, 0.3) is 0 Å². The maximum atomic E-state index is 13.0. The Bertz CT molecular complexity index is 920. The number of hydrogen-bond acceptors (Lipinski definition) is 3. The standard InChI is InChI=1S/C23H32N2O2S/c1-18-6-11-22(16-19(18)2)28(26,27)25-14-12-24(13-15-25)17-20-7-9-21(10-8-20)23(3,4)5/h6-11,16H,12-15,17H2,1-5H3. The predicted molar refractivity (Wildman–Crippen MR) is 115 cm³/mol. The lowest BCUT2D eigenvalue weighted by Gasteiger charge is -2.34. The van der Waals surface area contributed by atoms with Gasteiger partial charge in [-0.15, -0.1) is 0 Å². The van der Waals surface area contributed by atoms with Crippen molar-refractivity contribution in [3.63, 3.8) is 0 Å². The zero-order valence-corrected chi connectivity index (χ0v) is 18.5. The van der Waals surface area contributed by atoms with Crippen molar-refractivity contribution in [1.29, 1.82) is 0 Å². The summed E-state index contributed by atoms with van der Waals surface area (Å²) < 4.78 is 27.5. The third kappa shape index (κ3) is 4.65. The molecular weight excluding hydrogens is 368 g/mol. The second-order valence-corrected chi connectivity index (χ2v) is 10.8. The van der Waals surface area contributed by atoms with Crippen molar-refractivity contribution in [2.45, 2.75) is 51.5 Å². The van der Waals surface area contributed by atoms with Crippen LogP contribution < -0.4 is 0 Å². The minimum atomic E-state index is -3.41. The molecule has 0 spiro atoms. The van der Waals surface area contributed by atoms with E-state index in [1.54, 1.807) is 16.4 Å². The molecule has 152 valence electrons. The minimum absolute atomic E-state index is 0.160. The Labute approximate surface area is 170 Å². The van der Waals surface area contributed by atoms with Crippen molar-refractivity contribution in [3.05, 3.63) is 64.7 Å². The van der Waals surface area contributed by atoms with Crippen LogP contribution in [0.3, 0.4) is 0 Å². The summed E-state index contributed by atoms with van der Waals surface area (Å²) in [6.45, 7) is 14.1. The Morgan fingerprint density at radius 2 is 1.46 bits per heavy atom. The molecule has 0 unspecified atom stereocenters. The number of rotatable bonds is 4. The quantitative estimate of drug-likeness (QED) is 0.776. The van der Waals surface area contributed by atoms with Crippen molar-refractivity contribution in [2.75, 3.05) is 26.2 Å². The molecule has 2 aromatic rings. The summed E-state index contributed by atoms with van der Waals surface area (Å²) in [6.07, 6.45) is 0. The Balaban J connectivity index is 1.61. The summed E-state index contributed by atoms with van der Waals surface area (Å²) in [6, 6.07) is 14.2. The molecule has 2 aromatic carbocycles. The molecule has 1 fully saturated rings. The van der Waals surface area contributed by atoms with E-state index >= 15 is 0 Å². The van der Waals surface area contributed by atoms with Gasteiger partial charge in [0, 0.05) is 32.7 Å². The highest BCUT2D eigenvalue weighted by molar-refractivity contribution is 7.89. The number of nitrogens with zero attached hydrogens (tertiary/aromatic N) is 2. The third-order valence-electron chi connectivity index (χ3n) is 5.67. The second kappa shape index (κ2) is 7.97. The van der Waals surface area contributed by atoms with Crippen molar-refractivity contribution in [1.82, 2.24) is 9.21 Å². The molecule has 0 atom stereocenters. The van der Waals surface area contributed by atoms with E-state index in [1.807, 2.05) is 19.9 Å². The van der Waals surface area contributed by atoms with Gasteiger partial charge in [-0.1, -0.05) is 51.1 Å². The number of piperazine rings is 1. The van der Waals surface area contributed by atoms with Crippen LogP contribution in [-0.2, 0) is 22.0 Å². The molecule has 0 aliphatic carbocycles. The summed E-state index contributed by atoms with van der Waals surface area (Å²) in [7, 11) is -3.41. The van der Waals surface area contributed by atoms with Crippen molar-refractivity contribution >= 4 is 10.0 Å². The van der Waals surface area contributed by atoms with Gasteiger partial charge >= 0.3 is 0 Å². The molecule has 3 rings (SSSR count). The number of hydrogen-bond donors (Lipinski definition) is 0. The molecule has 1 aliphatic heterocycles. The molecule has 0 bridgehead atoms. The fourth-order valence-corrected chi connectivity index (χ4v) is 5.03. The first-order valence-electron chi connectivity index (χ1n) is 9.96. The summed E-state index contributed by atoms with van der Waals surface area (Å²) in [5.41, 5.74) is 4.89. The summed E-state index contributed by atoms with van der Waals surface area (Å²) in [5.74, 6) is 0. The second-order valence-electron chi connectivity index (χ2n) is 8.87. The average molecular weight is 401 g/mol. The van der Waals surface area contributed by atoms with E-state index in [9.17, 15) is 8.42 Å². The number of benzene rings is 2. The fraction of sp³-hybridized carbons (Fsp3) is 0.478. The van der Waals surface area contributed by atoms with Gasteiger partial charge in [0.1, 0.15) is 0 Å². The van der Waals surface area contributed by atoms with Gasteiger partial charge in [-0.3, -0.25) is 4.90 Å². The van der Waals surface area contributed by atoms with Crippen LogP contribution in [0.2, 0.25) is 0 Å². The largest absolute Gasteiger partial charge is 0.296 e. The SMILES string of the molecule is Cc1ccc(S(=O)(=O)N2CCN(Cc3ccc(C(C)(C)C)cc3)CC2)cc1C. The molecular formula is C23H32N2O2S. The Morgan fingerprint density at radius 3 is 2.00 bits per heavy atom. The lowest BCUT2D eigenvalue weighted by molar-refractivity contribution is 0.181. The molecule has 1 aliphatic rings. The summed E-state index contributed by atoms with van der Waals surface area (Å²) in [5, 5.41) is 0. The van der Waals surface area contributed by atoms with Crippen molar-refractivity contribution in [3.8, 4) is 0 Å². The van der Waals surface area contributed by atoms with Crippen molar-refractivity contribution < 1.29 is 8.42 Å². The van der Waals surface area contributed by atoms with Gasteiger partial charge in [0.2, 0.25) is 10.0 Å². The minimum Gasteiger partial charge on any atom is -0.296 e. The molecule has 0 saturated carbocycles. The lowest BCUT2D eigenvalue weighted by Crippen LogP contribution is -2.48. The summed E-state index contributed by atoms with van der Waals surface area (Å²) >= 11 is 0. The van der Waals surface area contributed by atoms with Gasteiger partial charge < -0.3 is 0 Å². The predicted octanol–water partition coefficient (Wildman–Crippen LogP) is 4.11. The highest BCUT2D eigenvalue weighted by Crippen LogP contribution is 2.24. The van der Waals surface area contributed by atoms with Crippen LogP contribution in [0.1, 0.15) is 43.0 Å². The van der Waals surface area contributed by atoms with E-state index in [0.717, 1.165) is 30.8 Å². The monoisotopic (exact) mass is 400 g/mol. The lowest BCUT2D eigenvalue weighted by atomic mass is 9.87. The molecule has 28 heavy (non-hydrogen) atoms. The van der Waals surface area contributed by atoms with E-state index < -0.39 is 10.0 Å². The molecule has 4 nitrogen and oxygen atoms in total. The average Bonchev–Trinajstić information content (AvgIpc) is 2.64. The first-order valence-corrected chi connectivity index (χ1v) is 11.4. The molecule has 1 heterocycles. The molecule has 0 radical (unpaired) electrons. The van der Waals surface area contributed by atoms with Crippen LogP contribution >= 0.6 is 0 Å². The molecule has 0 N–H and O–H groups in total. The number of aryl methyl sites for hydroxylation is 2. The molecule has 5 heteroatoms. The maximum Gasteiger partial charge on any atom is 0.243 e. The normalized spacial score (nSPS) is 17.0. The van der Waals surface area contributed by atoms with Crippen LogP contribution in [0.25, 0.3) is 0 Å². The summed E-state index contributed by atoms with van der Waals surface area (Å²) in [4.78, 5) is 2.74. The van der Waals surface area contributed by atoms with Crippen molar-refractivity contribution in [2.24, 2.45) is 0 Å². The first-order chi connectivity index (χ1) is 13.1. The zero-order valence-electron chi connectivity index (χ0n) is 17.7. The van der Waals surface area contributed by atoms with Gasteiger partial charge in [0.15, 0.2) is 0 Å². The van der Waals surface area contributed by atoms with E-state index in [-0.39, 0.29) is 5.41 Å². The van der Waals surface area contributed by atoms with E-state index in [1.165, 1.54) is 11.1 Å². The van der Waals surface area contributed by atoms with Crippen LogP contribution in [-0.4, -0.2) is 43.8 Å². The van der Waals surface area contributed by atoms with Gasteiger partial charge in [-0.25, -0.2) is 8.42 Å². The first kappa shape index (κ1) is 21.0. The molecule has 1 saturated heterocycles. The smallest absolute Gasteiger partial charge is 0.243 e. The highest BCUT2D eigenvalue weighted by Gasteiger charge is 2.28. The van der Waals surface area contributed by atoms with Crippen LogP contribution in [0.15, 0.2) is 47.4 Å². The zero-order chi connectivity index (χ0) is 20.5. The number of sulfonamides is 1. The van der Waals surface area contributed by atoms with E-state index in [0.29, 0.717) is 18.0 Å². The molecule has 0 amide bonds. The van der Waals surface area contributed by atoms with Gasteiger partial charge in [0.05, 0.1) is 4.90 Å². The Morgan fingerprint density at radius 1 is 0.857 bits per heavy atom. The maximum absolute atomic E-state index is 13.0. The van der Waals surface area contributed by atoms with E-state index in [2.05, 4.69) is 49.9 Å². The topological polar surface area (TPSA) is 40.6 Å². The third-order valence-corrected chi connectivity index (χ3v) is 7.57. The Kier molecular flexibility index (Phi) is 5.99. The molecule has 0 aromatic heterocycles. The van der Waals surface area contributed by atoms with Crippen LogP contribution in [0, 0.1) is 13.8 Å². The Hall–Kier alpha value is -1.69. The van der Waals surface area contributed by atoms with Gasteiger partial charge in [-0.2, -0.15) is 4.31 Å². The fourth-order valence-electron chi connectivity index (χ4n) is 3.52. The van der Waals surface area contributed by atoms with Crippen LogP contribution in [0.5, 0.6) is 0 Å². The van der Waals surface area contributed by atoms with E-state index in [4.69, 9.17) is 0 Å². The van der Waals surface area contributed by atoms with Crippen LogP contribution in [0.4, 0.5) is 0 Å². The van der Waals surface area contributed by atoms with Gasteiger partial charge in [-0.05, 0) is 53.6 Å². The highest BCUT2D eigenvalue weighted by atomic mass is 32.2.